The lowest BCUT2D eigenvalue weighted by Crippen LogP contribution is -2.02. The lowest BCUT2D eigenvalue weighted by atomic mass is 10.2. The molecule has 0 fully saturated rings. The van der Waals surface area contributed by atoms with Gasteiger partial charge in [0, 0.05) is 10.9 Å². The molecule has 1 N–H and O–H groups in total. The summed E-state index contributed by atoms with van der Waals surface area (Å²) in [6.45, 7) is 0.490. The summed E-state index contributed by atoms with van der Waals surface area (Å²) in [5.74, 6) is -0.415. The number of aromatic nitrogens is 1. The Morgan fingerprint density at radius 1 is 1.18 bits per heavy atom. The number of nitrogens with zero attached hydrogens (tertiary/aromatic N) is 2. The maximum Gasteiger partial charge on any atom is 0.124 e. The van der Waals surface area contributed by atoms with Crippen LogP contribution >= 0.6 is 11.3 Å². The molecule has 0 radical (unpaired) electrons. The van der Waals surface area contributed by atoms with Crippen molar-refractivity contribution in [1.82, 2.24) is 4.98 Å². The van der Waals surface area contributed by atoms with Gasteiger partial charge in [0.1, 0.15) is 16.9 Å². The topological polar surface area (TPSA) is 48.7 Å². The highest BCUT2D eigenvalue weighted by molar-refractivity contribution is 7.13. The van der Waals surface area contributed by atoms with Gasteiger partial charge in [-0.2, -0.15) is 5.26 Å². The summed E-state index contributed by atoms with van der Waals surface area (Å²) < 4.78 is 13.1. The minimum Gasteiger partial charge on any atom is -0.378 e. The van der Waals surface area contributed by atoms with Crippen LogP contribution in [0.2, 0.25) is 0 Å². The van der Waals surface area contributed by atoms with E-state index < -0.39 is 5.82 Å². The van der Waals surface area contributed by atoms with E-state index in [-0.39, 0.29) is 0 Å². The molecule has 108 valence electrons. The summed E-state index contributed by atoms with van der Waals surface area (Å²) in [5, 5.41) is 15.1. The van der Waals surface area contributed by atoms with Crippen LogP contribution in [0.3, 0.4) is 0 Å². The first-order chi connectivity index (χ1) is 10.8. The molecule has 0 spiro atoms. The second kappa shape index (κ2) is 6.37. The molecule has 0 saturated heterocycles. The van der Waals surface area contributed by atoms with E-state index in [0.717, 1.165) is 16.3 Å². The Morgan fingerprint density at radius 2 is 2.00 bits per heavy atom. The lowest BCUT2D eigenvalue weighted by molar-refractivity contribution is 0.627. The van der Waals surface area contributed by atoms with Gasteiger partial charge in [-0.15, -0.1) is 11.3 Å². The summed E-state index contributed by atoms with van der Waals surface area (Å²) in [6, 6.07) is 16.1. The molecule has 3 nitrogen and oxygen atoms in total. The zero-order chi connectivity index (χ0) is 15.4. The molecule has 22 heavy (non-hydrogen) atoms. The zero-order valence-electron chi connectivity index (χ0n) is 11.6. The molecule has 1 aromatic heterocycles. The maximum absolute atomic E-state index is 13.1. The van der Waals surface area contributed by atoms with E-state index >= 15 is 0 Å². The maximum atomic E-state index is 13.1. The monoisotopic (exact) mass is 309 g/mol. The molecule has 0 unspecified atom stereocenters. The van der Waals surface area contributed by atoms with Crippen molar-refractivity contribution >= 4 is 17.0 Å². The van der Waals surface area contributed by atoms with Gasteiger partial charge in [-0.1, -0.05) is 30.3 Å². The molecule has 0 atom stereocenters. The zero-order valence-corrected chi connectivity index (χ0v) is 12.4. The summed E-state index contributed by atoms with van der Waals surface area (Å²) in [4.78, 5) is 4.57. The van der Waals surface area contributed by atoms with E-state index in [1.807, 2.05) is 41.8 Å². The van der Waals surface area contributed by atoms with Crippen LogP contribution in [0.25, 0.3) is 10.6 Å². The minimum atomic E-state index is -0.415. The summed E-state index contributed by atoms with van der Waals surface area (Å²) in [6.07, 6.45) is 0. The lowest BCUT2D eigenvalue weighted by Gasteiger charge is -2.06. The fourth-order valence-electron chi connectivity index (χ4n) is 2.05. The number of nitrogens with one attached hydrogen (secondary N) is 1. The number of halogens is 1. The van der Waals surface area contributed by atoms with Crippen molar-refractivity contribution in [3.63, 3.8) is 0 Å². The Morgan fingerprint density at radius 3 is 2.77 bits per heavy atom. The van der Waals surface area contributed by atoms with Gasteiger partial charge in [0.25, 0.3) is 0 Å². The molecule has 2 aromatic carbocycles. The average molecular weight is 309 g/mol. The highest BCUT2D eigenvalue weighted by Gasteiger charge is 2.06. The molecule has 1 heterocycles. The molecular formula is C17H12FN3S. The Kier molecular flexibility index (Phi) is 4.12. The SMILES string of the molecule is N#Cc1cc(F)ccc1NCc1csc(-c2ccccc2)n1. The molecule has 0 amide bonds. The van der Waals surface area contributed by atoms with Crippen LogP contribution in [0.15, 0.2) is 53.9 Å². The van der Waals surface area contributed by atoms with Crippen molar-refractivity contribution in [1.29, 1.82) is 5.26 Å². The second-order valence-corrected chi connectivity index (χ2v) is 5.52. The number of anilines is 1. The number of nitriles is 1. The third kappa shape index (κ3) is 3.13. The molecule has 3 aromatic rings. The van der Waals surface area contributed by atoms with E-state index in [2.05, 4.69) is 10.3 Å². The van der Waals surface area contributed by atoms with Crippen molar-refractivity contribution in [3.05, 3.63) is 71.0 Å². The Hall–Kier alpha value is -2.71. The Labute approximate surface area is 131 Å². The highest BCUT2D eigenvalue weighted by Crippen LogP contribution is 2.24. The third-order valence-corrected chi connectivity index (χ3v) is 4.07. The van der Waals surface area contributed by atoms with Crippen LogP contribution in [0.1, 0.15) is 11.3 Å². The smallest absolute Gasteiger partial charge is 0.124 e. The third-order valence-electron chi connectivity index (χ3n) is 3.13. The summed E-state index contributed by atoms with van der Waals surface area (Å²) >= 11 is 1.57. The van der Waals surface area contributed by atoms with E-state index in [9.17, 15) is 4.39 Å². The van der Waals surface area contributed by atoms with Crippen LogP contribution < -0.4 is 5.32 Å². The van der Waals surface area contributed by atoms with Crippen LogP contribution in [0.5, 0.6) is 0 Å². The normalized spacial score (nSPS) is 10.2. The molecular weight excluding hydrogens is 297 g/mol. The Balaban J connectivity index is 1.73. The highest BCUT2D eigenvalue weighted by atomic mass is 32.1. The first kappa shape index (κ1) is 14.2. The minimum absolute atomic E-state index is 0.290. The van der Waals surface area contributed by atoms with E-state index in [0.29, 0.717) is 17.8 Å². The van der Waals surface area contributed by atoms with Crippen molar-refractivity contribution in [3.8, 4) is 16.6 Å². The second-order valence-electron chi connectivity index (χ2n) is 4.67. The molecule has 0 saturated carbocycles. The van der Waals surface area contributed by atoms with Crippen LogP contribution in [0.4, 0.5) is 10.1 Å². The van der Waals surface area contributed by atoms with Gasteiger partial charge in [0.2, 0.25) is 0 Å². The van der Waals surface area contributed by atoms with Gasteiger partial charge in [0.05, 0.1) is 23.5 Å². The number of rotatable bonds is 4. The fraction of sp³-hybridized carbons (Fsp3) is 0.0588. The fourth-order valence-corrected chi connectivity index (χ4v) is 2.88. The first-order valence-corrected chi connectivity index (χ1v) is 7.57. The quantitative estimate of drug-likeness (QED) is 0.775. The number of hydrogen-bond acceptors (Lipinski definition) is 4. The van der Waals surface area contributed by atoms with Gasteiger partial charge < -0.3 is 5.32 Å². The van der Waals surface area contributed by atoms with Crippen molar-refractivity contribution in [2.24, 2.45) is 0 Å². The largest absolute Gasteiger partial charge is 0.378 e. The number of benzene rings is 2. The number of thiazole rings is 1. The molecule has 0 aliphatic carbocycles. The van der Waals surface area contributed by atoms with Crippen molar-refractivity contribution in [2.45, 2.75) is 6.54 Å². The molecule has 3 rings (SSSR count). The Bertz CT molecular complexity index is 821. The summed E-state index contributed by atoms with van der Waals surface area (Å²) in [5.41, 5.74) is 2.87. The van der Waals surface area contributed by atoms with Crippen LogP contribution in [-0.2, 0) is 6.54 Å². The van der Waals surface area contributed by atoms with Crippen molar-refractivity contribution in [2.75, 3.05) is 5.32 Å². The van der Waals surface area contributed by atoms with Crippen LogP contribution in [0, 0.1) is 17.1 Å². The molecule has 0 aliphatic rings. The van der Waals surface area contributed by atoms with Gasteiger partial charge in [-0.25, -0.2) is 9.37 Å². The number of hydrogen-bond donors (Lipinski definition) is 1. The van der Waals surface area contributed by atoms with Gasteiger partial charge in [-0.05, 0) is 18.2 Å². The van der Waals surface area contributed by atoms with E-state index in [1.54, 1.807) is 17.4 Å². The predicted octanol–water partition coefficient (Wildman–Crippen LogP) is 4.43. The molecule has 5 heteroatoms. The van der Waals surface area contributed by atoms with Crippen LogP contribution in [-0.4, -0.2) is 4.98 Å². The standard InChI is InChI=1S/C17H12FN3S/c18-14-6-7-16(13(8-14)9-19)20-10-15-11-22-17(21-15)12-4-2-1-3-5-12/h1-8,11,20H,10H2. The average Bonchev–Trinajstić information content (AvgIpc) is 3.03. The van der Waals surface area contributed by atoms with Gasteiger partial charge in [-0.3, -0.25) is 0 Å². The van der Waals surface area contributed by atoms with Gasteiger partial charge in [0.15, 0.2) is 0 Å². The molecule has 0 aliphatic heterocycles. The van der Waals surface area contributed by atoms with E-state index in [4.69, 9.17) is 5.26 Å². The predicted molar refractivity (Wildman–Crippen MR) is 86.0 cm³/mol. The van der Waals surface area contributed by atoms with Crippen molar-refractivity contribution < 1.29 is 4.39 Å². The first-order valence-electron chi connectivity index (χ1n) is 6.69. The van der Waals surface area contributed by atoms with Gasteiger partial charge >= 0.3 is 0 Å². The summed E-state index contributed by atoms with van der Waals surface area (Å²) in [7, 11) is 0. The molecule has 0 bridgehead atoms. The van der Waals surface area contributed by atoms with E-state index in [1.165, 1.54) is 12.1 Å².